The number of carbonyl (C=O) groups excluding carboxylic acids is 1. The number of rotatable bonds is 1. The Morgan fingerprint density at radius 1 is 1.31 bits per heavy atom. The molecule has 0 unspecified atom stereocenters. The van der Waals surface area contributed by atoms with Crippen molar-refractivity contribution in [3.63, 3.8) is 0 Å². The van der Waals surface area contributed by atoms with Gasteiger partial charge in [-0.2, -0.15) is 9.78 Å². The summed E-state index contributed by atoms with van der Waals surface area (Å²) in [5.74, 6) is 0. The van der Waals surface area contributed by atoms with Crippen LogP contribution in [0.2, 0.25) is 5.02 Å². The van der Waals surface area contributed by atoms with Crippen LogP contribution in [0.15, 0.2) is 36.5 Å². The third kappa shape index (κ3) is 2.06. The van der Waals surface area contributed by atoms with Crippen molar-refractivity contribution in [1.29, 1.82) is 0 Å². The largest absolute Gasteiger partial charge is 0.451 e. The molecule has 0 aliphatic heterocycles. The molecule has 0 bridgehead atoms. The molecule has 0 saturated heterocycles. The highest BCUT2D eigenvalue weighted by atomic mass is 35.5. The summed E-state index contributed by atoms with van der Waals surface area (Å²) in [6.07, 6.45) is 1.04. The standard InChI is InChI=1S/C11H9ClN2O2/c1-16-11(15)14-7-6-10(13-14)8-2-4-9(12)5-3-8/h2-7H,1H3. The summed E-state index contributed by atoms with van der Waals surface area (Å²) in [6.45, 7) is 0. The van der Waals surface area contributed by atoms with Crippen LogP contribution in [-0.4, -0.2) is 23.0 Å². The molecular formula is C11H9ClN2O2. The minimum atomic E-state index is -0.514. The predicted molar refractivity (Wildman–Crippen MR) is 60.5 cm³/mol. The van der Waals surface area contributed by atoms with Crippen LogP contribution in [0.4, 0.5) is 4.79 Å². The van der Waals surface area contributed by atoms with Crippen molar-refractivity contribution < 1.29 is 9.53 Å². The minimum absolute atomic E-state index is 0.514. The van der Waals surface area contributed by atoms with Gasteiger partial charge in [0.15, 0.2) is 0 Å². The molecule has 1 heterocycles. The van der Waals surface area contributed by atoms with Crippen LogP contribution in [0, 0.1) is 0 Å². The van der Waals surface area contributed by atoms with Gasteiger partial charge in [-0.15, -0.1) is 0 Å². The molecule has 0 fully saturated rings. The molecule has 1 aromatic carbocycles. The van der Waals surface area contributed by atoms with Gasteiger partial charge in [0.1, 0.15) is 0 Å². The van der Waals surface area contributed by atoms with Crippen molar-refractivity contribution in [2.45, 2.75) is 0 Å². The van der Waals surface area contributed by atoms with Gasteiger partial charge < -0.3 is 4.74 Å². The van der Waals surface area contributed by atoms with E-state index in [0.717, 1.165) is 10.2 Å². The van der Waals surface area contributed by atoms with E-state index in [0.29, 0.717) is 10.7 Å². The number of methoxy groups -OCH3 is 1. The van der Waals surface area contributed by atoms with Gasteiger partial charge in [0.25, 0.3) is 0 Å². The lowest BCUT2D eigenvalue weighted by Gasteiger charge is -1.98. The Morgan fingerprint density at radius 3 is 2.62 bits per heavy atom. The average molecular weight is 237 g/mol. The zero-order valence-electron chi connectivity index (χ0n) is 8.55. The molecule has 2 aromatic rings. The molecule has 0 radical (unpaired) electrons. The van der Waals surface area contributed by atoms with E-state index in [4.69, 9.17) is 11.6 Å². The van der Waals surface area contributed by atoms with Crippen LogP contribution in [0.5, 0.6) is 0 Å². The van der Waals surface area contributed by atoms with E-state index in [-0.39, 0.29) is 0 Å². The van der Waals surface area contributed by atoms with Gasteiger partial charge in [0.05, 0.1) is 12.8 Å². The summed E-state index contributed by atoms with van der Waals surface area (Å²) in [7, 11) is 1.31. The Labute approximate surface area is 97.4 Å². The van der Waals surface area contributed by atoms with E-state index >= 15 is 0 Å². The van der Waals surface area contributed by atoms with Crippen LogP contribution in [-0.2, 0) is 4.74 Å². The van der Waals surface area contributed by atoms with Gasteiger partial charge in [-0.3, -0.25) is 0 Å². The fourth-order valence-electron chi connectivity index (χ4n) is 1.29. The van der Waals surface area contributed by atoms with E-state index in [1.807, 2.05) is 12.1 Å². The number of halogens is 1. The number of hydrogen-bond donors (Lipinski definition) is 0. The summed E-state index contributed by atoms with van der Waals surface area (Å²) in [5.41, 5.74) is 1.59. The molecule has 0 aliphatic carbocycles. The Balaban J connectivity index is 2.31. The maximum Gasteiger partial charge on any atom is 0.434 e. The molecule has 0 amide bonds. The van der Waals surface area contributed by atoms with Crippen molar-refractivity contribution in [3.05, 3.63) is 41.6 Å². The lowest BCUT2D eigenvalue weighted by Crippen LogP contribution is -2.11. The van der Waals surface area contributed by atoms with Gasteiger partial charge in [-0.1, -0.05) is 23.7 Å². The first-order valence-corrected chi connectivity index (χ1v) is 4.98. The Hall–Kier alpha value is -1.81. The number of hydrogen-bond acceptors (Lipinski definition) is 3. The zero-order valence-corrected chi connectivity index (χ0v) is 9.31. The second-order valence-electron chi connectivity index (χ2n) is 3.12. The highest BCUT2D eigenvalue weighted by Crippen LogP contribution is 2.19. The second-order valence-corrected chi connectivity index (χ2v) is 3.56. The fraction of sp³-hybridized carbons (Fsp3) is 0.0909. The molecule has 0 aliphatic rings. The lowest BCUT2D eigenvalue weighted by molar-refractivity contribution is 0.169. The average Bonchev–Trinajstić information content (AvgIpc) is 2.78. The van der Waals surface area contributed by atoms with E-state index in [2.05, 4.69) is 9.84 Å². The lowest BCUT2D eigenvalue weighted by atomic mass is 10.2. The van der Waals surface area contributed by atoms with E-state index < -0.39 is 6.09 Å². The van der Waals surface area contributed by atoms with Crippen LogP contribution < -0.4 is 0 Å². The monoisotopic (exact) mass is 236 g/mol. The van der Waals surface area contributed by atoms with Crippen molar-refractivity contribution in [1.82, 2.24) is 9.78 Å². The second kappa shape index (κ2) is 4.37. The van der Waals surface area contributed by atoms with Gasteiger partial charge in [0.2, 0.25) is 0 Å². The maximum atomic E-state index is 11.2. The molecule has 0 atom stereocenters. The molecule has 16 heavy (non-hydrogen) atoms. The molecular weight excluding hydrogens is 228 g/mol. The molecule has 1 aromatic heterocycles. The van der Waals surface area contributed by atoms with Gasteiger partial charge in [-0.05, 0) is 18.2 Å². The normalized spacial score (nSPS) is 10.1. The van der Waals surface area contributed by atoms with Gasteiger partial charge in [-0.25, -0.2) is 4.79 Å². The zero-order chi connectivity index (χ0) is 11.5. The third-order valence-corrected chi connectivity index (χ3v) is 2.34. The van der Waals surface area contributed by atoms with Crippen LogP contribution in [0.3, 0.4) is 0 Å². The molecule has 4 nitrogen and oxygen atoms in total. The molecule has 0 N–H and O–H groups in total. The number of aromatic nitrogens is 2. The Bertz CT molecular complexity index is 505. The summed E-state index contributed by atoms with van der Waals surface area (Å²) < 4.78 is 5.69. The quantitative estimate of drug-likeness (QED) is 0.765. The number of carbonyl (C=O) groups is 1. The maximum absolute atomic E-state index is 11.2. The number of ether oxygens (including phenoxy) is 1. The molecule has 0 spiro atoms. The fourth-order valence-corrected chi connectivity index (χ4v) is 1.42. The van der Waals surface area contributed by atoms with Crippen molar-refractivity contribution in [2.75, 3.05) is 7.11 Å². The van der Waals surface area contributed by atoms with Crippen molar-refractivity contribution >= 4 is 17.7 Å². The van der Waals surface area contributed by atoms with E-state index in [1.54, 1.807) is 24.4 Å². The Morgan fingerprint density at radius 2 is 2.00 bits per heavy atom. The highest BCUT2D eigenvalue weighted by molar-refractivity contribution is 6.30. The van der Waals surface area contributed by atoms with Gasteiger partial charge in [0, 0.05) is 16.8 Å². The Kier molecular flexibility index (Phi) is 2.92. The SMILES string of the molecule is COC(=O)n1ccc(-c2ccc(Cl)cc2)n1. The third-order valence-electron chi connectivity index (χ3n) is 2.09. The van der Waals surface area contributed by atoms with E-state index in [9.17, 15) is 4.79 Å². The first-order valence-electron chi connectivity index (χ1n) is 4.60. The summed E-state index contributed by atoms with van der Waals surface area (Å²) >= 11 is 5.78. The molecule has 0 saturated carbocycles. The van der Waals surface area contributed by atoms with Crippen molar-refractivity contribution in [3.8, 4) is 11.3 Å². The number of nitrogens with zero attached hydrogens (tertiary/aromatic N) is 2. The molecule has 2 rings (SSSR count). The summed E-state index contributed by atoms with van der Waals surface area (Å²) in [4.78, 5) is 11.2. The van der Waals surface area contributed by atoms with Crippen molar-refractivity contribution in [2.24, 2.45) is 0 Å². The first kappa shape index (κ1) is 10.7. The minimum Gasteiger partial charge on any atom is -0.451 e. The number of benzene rings is 1. The first-order chi connectivity index (χ1) is 7.70. The molecule has 82 valence electrons. The van der Waals surface area contributed by atoms with Crippen LogP contribution >= 0.6 is 11.6 Å². The summed E-state index contributed by atoms with van der Waals surface area (Å²) in [6, 6.07) is 8.96. The van der Waals surface area contributed by atoms with Crippen LogP contribution in [0.1, 0.15) is 0 Å². The smallest absolute Gasteiger partial charge is 0.434 e. The van der Waals surface area contributed by atoms with E-state index in [1.165, 1.54) is 7.11 Å². The topological polar surface area (TPSA) is 44.1 Å². The molecule has 5 heteroatoms. The van der Waals surface area contributed by atoms with Crippen LogP contribution in [0.25, 0.3) is 11.3 Å². The predicted octanol–water partition coefficient (Wildman–Crippen LogP) is 2.82. The summed E-state index contributed by atoms with van der Waals surface area (Å²) in [5, 5.41) is 4.74. The highest BCUT2D eigenvalue weighted by Gasteiger charge is 2.07. The van der Waals surface area contributed by atoms with Gasteiger partial charge >= 0.3 is 6.09 Å².